The molecule has 1 unspecified atom stereocenters. The standard InChI is InChI=1S/C29H39N3O4S/c33-29(34)28-24-13-5-4-9-21(24)16-17-26(28)31-37(35,36)27-15-7-6-14-25(27)30-19-18-23-12-8-20-32(23)22-10-2-1-3-11-22/h6-7,14-17,22-23,30-31H,1-5,8-13,18-20H2,(H,33,34). The van der Waals surface area contributed by atoms with Crippen molar-refractivity contribution in [3.05, 3.63) is 53.1 Å². The van der Waals surface area contributed by atoms with Crippen molar-refractivity contribution in [2.45, 2.75) is 94.0 Å². The summed E-state index contributed by atoms with van der Waals surface area (Å²) in [6.45, 7) is 1.87. The molecule has 2 aliphatic carbocycles. The van der Waals surface area contributed by atoms with Gasteiger partial charge in [0.15, 0.2) is 0 Å². The molecule has 2 aromatic carbocycles. The van der Waals surface area contributed by atoms with Crippen LogP contribution in [0.5, 0.6) is 0 Å². The molecule has 1 saturated heterocycles. The summed E-state index contributed by atoms with van der Waals surface area (Å²) < 4.78 is 29.6. The minimum atomic E-state index is -3.99. The van der Waals surface area contributed by atoms with Gasteiger partial charge in [0.2, 0.25) is 0 Å². The molecule has 8 heteroatoms. The minimum Gasteiger partial charge on any atom is -0.478 e. The molecular weight excluding hydrogens is 486 g/mol. The second kappa shape index (κ2) is 11.4. The molecule has 0 bridgehead atoms. The lowest BCUT2D eigenvalue weighted by Crippen LogP contribution is -2.41. The van der Waals surface area contributed by atoms with E-state index < -0.39 is 16.0 Å². The number of carboxylic acid groups (broad SMARTS) is 1. The van der Waals surface area contributed by atoms with Gasteiger partial charge >= 0.3 is 5.97 Å². The highest BCUT2D eigenvalue weighted by Crippen LogP contribution is 2.33. The Morgan fingerprint density at radius 2 is 1.70 bits per heavy atom. The van der Waals surface area contributed by atoms with Gasteiger partial charge < -0.3 is 10.4 Å². The lowest BCUT2D eigenvalue weighted by atomic mass is 9.87. The van der Waals surface area contributed by atoms with E-state index in [4.69, 9.17) is 0 Å². The van der Waals surface area contributed by atoms with E-state index in [1.165, 1.54) is 51.5 Å². The fourth-order valence-corrected chi connectivity index (χ4v) is 7.90. The maximum atomic E-state index is 13.5. The van der Waals surface area contributed by atoms with Crippen LogP contribution in [0, 0.1) is 0 Å². The fourth-order valence-electron chi connectivity index (χ4n) is 6.64. The lowest BCUT2D eigenvalue weighted by Gasteiger charge is -2.35. The number of aromatic carboxylic acids is 1. The van der Waals surface area contributed by atoms with Crippen LogP contribution in [0.3, 0.4) is 0 Å². The number of para-hydroxylation sites is 1. The Balaban J connectivity index is 1.30. The van der Waals surface area contributed by atoms with Crippen LogP contribution >= 0.6 is 0 Å². The van der Waals surface area contributed by atoms with Gasteiger partial charge in [0.05, 0.1) is 16.9 Å². The molecule has 0 amide bonds. The molecule has 200 valence electrons. The molecule has 1 heterocycles. The van der Waals surface area contributed by atoms with Crippen molar-refractivity contribution in [1.82, 2.24) is 4.90 Å². The number of rotatable bonds is 9. The zero-order chi connectivity index (χ0) is 25.8. The van der Waals surface area contributed by atoms with Crippen LogP contribution < -0.4 is 10.0 Å². The second-order valence-corrected chi connectivity index (χ2v) is 12.4. The average molecular weight is 526 g/mol. The molecule has 2 aromatic rings. The van der Waals surface area contributed by atoms with Crippen LogP contribution in [0.25, 0.3) is 0 Å². The summed E-state index contributed by atoms with van der Waals surface area (Å²) in [5.74, 6) is -1.10. The number of nitrogens with one attached hydrogen (secondary N) is 2. The highest BCUT2D eigenvalue weighted by atomic mass is 32.2. The number of fused-ring (bicyclic) bond motifs is 1. The predicted molar refractivity (Wildman–Crippen MR) is 147 cm³/mol. The number of benzene rings is 2. The van der Waals surface area contributed by atoms with Crippen LogP contribution in [0.2, 0.25) is 0 Å². The molecule has 0 spiro atoms. The van der Waals surface area contributed by atoms with E-state index in [0.717, 1.165) is 36.8 Å². The first-order valence-electron chi connectivity index (χ1n) is 13.9. The van der Waals surface area contributed by atoms with Crippen molar-refractivity contribution < 1.29 is 18.3 Å². The van der Waals surface area contributed by atoms with Crippen molar-refractivity contribution in [3.8, 4) is 0 Å². The van der Waals surface area contributed by atoms with Crippen molar-refractivity contribution in [3.63, 3.8) is 0 Å². The zero-order valence-corrected chi connectivity index (χ0v) is 22.4. The molecule has 37 heavy (non-hydrogen) atoms. The predicted octanol–water partition coefficient (Wildman–Crippen LogP) is 5.66. The van der Waals surface area contributed by atoms with Gasteiger partial charge in [-0.1, -0.05) is 37.5 Å². The maximum absolute atomic E-state index is 13.5. The number of nitrogens with zero attached hydrogens (tertiary/aromatic N) is 1. The van der Waals surface area contributed by atoms with Gasteiger partial charge in [-0.3, -0.25) is 9.62 Å². The topological polar surface area (TPSA) is 98.7 Å². The van der Waals surface area contributed by atoms with E-state index in [-0.39, 0.29) is 16.1 Å². The normalized spacial score (nSPS) is 20.9. The number of carboxylic acids is 1. The number of hydrogen-bond acceptors (Lipinski definition) is 5. The number of hydrogen-bond donors (Lipinski definition) is 3. The number of carbonyl (C=O) groups is 1. The summed E-state index contributed by atoms with van der Waals surface area (Å²) in [5.41, 5.74) is 2.52. The SMILES string of the molecule is O=C(O)c1c(NS(=O)(=O)c2ccccc2NCCC2CCCN2C2CCCCC2)ccc2c1CCCC2. The van der Waals surface area contributed by atoms with E-state index in [2.05, 4.69) is 14.9 Å². The molecule has 3 aliphatic rings. The van der Waals surface area contributed by atoms with E-state index in [9.17, 15) is 18.3 Å². The minimum absolute atomic E-state index is 0.0789. The van der Waals surface area contributed by atoms with Crippen LogP contribution in [0.1, 0.15) is 85.7 Å². The third-order valence-electron chi connectivity index (χ3n) is 8.43. The van der Waals surface area contributed by atoms with Crippen molar-refractivity contribution in [1.29, 1.82) is 0 Å². The average Bonchev–Trinajstić information content (AvgIpc) is 3.37. The Morgan fingerprint density at radius 3 is 2.51 bits per heavy atom. The quantitative estimate of drug-likeness (QED) is 0.391. The van der Waals surface area contributed by atoms with Crippen LogP contribution in [-0.2, 0) is 22.9 Å². The van der Waals surface area contributed by atoms with E-state index >= 15 is 0 Å². The van der Waals surface area contributed by atoms with Gasteiger partial charge in [-0.15, -0.1) is 0 Å². The number of aryl methyl sites for hydroxylation is 1. The molecule has 1 aliphatic heterocycles. The number of sulfonamides is 1. The van der Waals surface area contributed by atoms with Crippen LogP contribution in [-0.4, -0.2) is 49.6 Å². The second-order valence-electron chi connectivity index (χ2n) is 10.8. The smallest absolute Gasteiger partial charge is 0.338 e. The van der Waals surface area contributed by atoms with Gasteiger partial charge in [0, 0.05) is 18.6 Å². The summed E-state index contributed by atoms with van der Waals surface area (Å²) in [5, 5.41) is 13.3. The van der Waals surface area contributed by atoms with Crippen LogP contribution in [0.15, 0.2) is 41.3 Å². The first-order chi connectivity index (χ1) is 17.9. The van der Waals surface area contributed by atoms with E-state index in [1.807, 2.05) is 12.1 Å². The van der Waals surface area contributed by atoms with Crippen molar-refractivity contribution in [2.75, 3.05) is 23.1 Å². The van der Waals surface area contributed by atoms with Crippen molar-refractivity contribution >= 4 is 27.4 Å². The molecule has 1 atom stereocenters. The highest BCUT2D eigenvalue weighted by molar-refractivity contribution is 7.92. The van der Waals surface area contributed by atoms with Gasteiger partial charge in [-0.25, -0.2) is 13.2 Å². The number of anilines is 2. The summed E-state index contributed by atoms with van der Waals surface area (Å²) in [6.07, 6.45) is 13.5. The molecule has 7 nitrogen and oxygen atoms in total. The molecule has 5 rings (SSSR count). The van der Waals surface area contributed by atoms with Crippen molar-refractivity contribution in [2.24, 2.45) is 0 Å². The Morgan fingerprint density at radius 1 is 0.919 bits per heavy atom. The van der Waals surface area contributed by atoms with Gasteiger partial charge in [-0.2, -0.15) is 0 Å². The third-order valence-corrected chi connectivity index (χ3v) is 9.85. The molecule has 3 N–H and O–H groups in total. The molecule has 0 aromatic heterocycles. The summed E-state index contributed by atoms with van der Waals surface area (Å²) in [4.78, 5) is 15.0. The Kier molecular flexibility index (Phi) is 8.05. The van der Waals surface area contributed by atoms with E-state index in [1.54, 1.807) is 24.3 Å². The summed E-state index contributed by atoms with van der Waals surface area (Å²) in [6, 6.07) is 11.6. The van der Waals surface area contributed by atoms with Gasteiger partial charge in [0.1, 0.15) is 4.90 Å². The van der Waals surface area contributed by atoms with Gasteiger partial charge in [-0.05, 0) is 93.7 Å². The van der Waals surface area contributed by atoms with Crippen LogP contribution in [0.4, 0.5) is 11.4 Å². The zero-order valence-electron chi connectivity index (χ0n) is 21.5. The fraction of sp³-hybridized carbons (Fsp3) is 0.552. The largest absolute Gasteiger partial charge is 0.478 e. The Hall–Kier alpha value is -2.58. The number of likely N-dealkylation sites (tertiary alicyclic amines) is 1. The maximum Gasteiger partial charge on any atom is 0.338 e. The molecular formula is C29H39N3O4S. The first kappa shape index (κ1) is 26.0. The summed E-state index contributed by atoms with van der Waals surface area (Å²) >= 11 is 0. The molecule has 0 radical (unpaired) electrons. The highest BCUT2D eigenvalue weighted by Gasteiger charge is 2.31. The monoisotopic (exact) mass is 525 g/mol. The van der Waals surface area contributed by atoms with E-state index in [0.29, 0.717) is 30.7 Å². The molecule has 1 saturated carbocycles. The lowest BCUT2D eigenvalue weighted by molar-refractivity contribution is 0.0696. The Bertz CT molecular complexity index is 1220. The Labute approximate surface area is 220 Å². The first-order valence-corrected chi connectivity index (χ1v) is 15.4. The summed E-state index contributed by atoms with van der Waals surface area (Å²) in [7, 11) is -3.99. The van der Waals surface area contributed by atoms with Gasteiger partial charge in [0.25, 0.3) is 10.0 Å². The molecule has 2 fully saturated rings. The third kappa shape index (κ3) is 5.80.